The van der Waals surface area contributed by atoms with Crippen LogP contribution in [-0.2, 0) is 22.2 Å². The van der Waals surface area contributed by atoms with Crippen LogP contribution in [0, 0.1) is 5.92 Å². The molecule has 1 aromatic heterocycles. The number of pyridine rings is 1. The van der Waals surface area contributed by atoms with E-state index in [1.807, 2.05) is 26.3 Å². The fraction of sp³-hybridized carbons (Fsp3) is 0.480. The van der Waals surface area contributed by atoms with Gasteiger partial charge < -0.3 is 9.88 Å². The van der Waals surface area contributed by atoms with E-state index in [0.29, 0.717) is 18.8 Å². The Labute approximate surface area is 184 Å². The van der Waals surface area contributed by atoms with Crippen LogP contribution >= 0.6 is 7.14 Å². The van der Waals surface area contributed by atoms with Gasteiger partial charge in [0.25, 0.3) is 0 Å². The lowest BCUT2D eigenvalue weighted by Crippen LogP contribution is -2.15. The number of hydrogen-bond donors (Lipinski definition) is 1. The van der Waals surface area contributed by atoms with Gasteiger partial charge in [-0.05, 0) is 75.6 Å². The maximum absolute atomic E-state index is 13.2. The number of ketones is 1. The standard InChI is InChI=1S/C25H30N3O2P/c1-15-11-21-25(26-15)22(13-19(27-21)14-23(29)17-7-8-17)28-20-10-9-18(16-5-4-6-16)12-24(20)31(2,3)30/h9-10,12-13,16-17H,4-8,11,14H2,1-3H3,(H,27,28). The summed E-state index contributed by atoms with van der Waals surface area (Å²) in [5.74, 6) is 1.10. The SMILES string of the molecule is CC1=Nc2c(Nc3ccc(C4CCC4)cc3P(C)(C)=O)cc(CC(=O)C3CC3)nc2C1. The molecule has 2 aromatic rings. The molecule has 31 heavy (non-hydrogen) atoms. The average molecular weight is 436 g/mol. The van der Waals surface area contributed by atoms with Crippen LogP contribution < -0.4 is 10.6 Å². The Hall–Kier alpha value is -2.26. The molecule has 3 aliphatic rings. The van der Waals surface area contributed by atoms with Crippen molar-refractivity contribution in [2.24, 2.45) is 10.9 Å². The summed E-state index contributed by atoms with van der Waals surface area (Å²) in [7, 11) is -2.48. The Bertz CT molecular complexity index is 1140. The van der Waals surface area contributed by atoms with Crippen LogP contribution in [0.2, 0.25) is 0 Å². The first kappa shape index (κ1) is 20.6. The molecule has 0 bridgehead atoms. The Morgan fingerprint density at radius 3 is 2.55 bits per heavy atom. The molecular weight excluding hydrogens is 405 g/mol. The van der Waals surface area contributed by atoms with Crippen molar-refractivity contribution in [1.29, 1.82) is 0 Å². The monoisotopic (exact) mass is 435 g/mol. The number of nitrogens with one attached hydrogen (secondary N) is 1. The van der Waals surface area contributed by atoms with Gasteiger partial charge in [0.05, 0.1) is 17.1 Å². The fourth-order valence-electron chi connectivity index (χ4n) is 4.52. The average Bonchev–Trinajstić information content (AvgIpc) is 3.43. The lowest BCUT2D eigenvalue weighted by molar-refractivity contribution is -0.119. The topological polar surface area (TPSA) is 71.4 Å². The summed E-state index contributed by atoms with van der Waals surface area (Å²) in [5, 5.41) is 4.42. The normalized spacial score (nSPS) is 18.4. The third-order valence-electron chi connectivity index (χ3n) is 6.68. The lowest BCUT2D eigenvalue weighted by Gasteiger charge is -2.27. The molecule has 0 amide bonds. The highest BCUT2D eigenvalue weighted by molar-refractivity contribution is 7.70. The highest BCUT2D eigenvalue weighted by atomic mass is 31.2. The van der Waals surface area contributed by atoms with Crippen molar-refractivity contribution in [3.05, 3.63) is 41.2 Å². The number of anilines is 2. The molecule has 0 spiro atoms. The van der Waals surface area contributed by atoms with E-state index in [-0.39, 0.29) is 11.7 Å². The van der Waals surface area contributed by atoms with Gasteiger partial charge in [-0.15, -0.1) is 0 Å². The third kappa shape index (κ3) is 4.25. The van der Waals surface area contributed by atoms with Crippen molar-refractivity contribution in [1.82, 2.24) is 4.98 Å². The first-order valence-corrected chi connectivity index (χ1v) is 13.9. The van der Waals surface area contributed by atoms with Crippen molar-refractivity contribution in [3.63, 3.8) is 0 Å². The minimum atomic E-state index is -2.48. The van der Waals surface area contributed by atoms with Crippen LogP contribution in [0.3, 0.4) is 0 Å². The molecule has 162 valence electrons. The summed E-state index contributed by atoms with van der Waals surface area (Å²) in [5.41, 5.74) is 6.59. The number of aliphatic imine (C=N–C) groups is 1. The van der Waals surface area contributed by atoms with Gasteiger partial charge in [-0.2, -0.15) is 0 Å². The second-order valence-corrected chi connectivity index (χ2v) is 13.0. The minimum absolute atomic E-state index is 0.223. The zero-order chi connectivity index (χ0) is 21.8. The number of rotatable bonds is 7. The maximum Gasteiger partial charge on any atom is 0.141 e. The highest BCUT2D eigenvalue weighted by Crippen LogP contribution is 2.44. The van der Waals surface area contributed by atoms with Gasteiger partial charge in [0.1, 0.15) is 18.6 Å². The van der Waals surface area contributed by atoms with Gasteiger partial charge in [0.2, 0.25) is 0 Å². The molecule has 2 heterocycles. The van der Waals surface area contributed by atoms with Gasteiger partial charge in [-0.3, -0.25) is 14.8 Å². The molecule has 1 aromatic carbocycles. The summed E-state index contributed by atoms with van der Waals surface area (Å²) < 4.78 is 13.2. The summed E-state index contributed by atoms with van der Waals surface area (Å²) in [6, 6.07) is 8.33. The van der Waals surface area contributed by atoms with E-state index in [2.05, 4.69) is 23.5 Å². The van der Waals surface area contributed by atoms with Crippen LogP contribution in [0.5, 0.6) is 0 Å². The summed E-state index contributed by atoms with van der Waals surface area (Å²) in [4.78, 5) is 21.9. The Morgan fingerprint density at radius 1 is 1.13 bits per heavy atom. The predicted molar refractivity (Wildman–Crippen MR) is 128 cm³/mol. The van der Waals surface area contributed by atoms with Crippen molar-refractivity contribution in [3.8, 4) is 0 Å². The molecule has 2 aliphatic carbocycles. The molecule has 0 radical (unpaired) electrons. The first-order chi connectivity index (χ1) is 14.8. The molecule has 5 nitrogen and oxygen atoms in total. The van der Waals surface area contributed by atoms with E-state index < -0.39 is 7.14 Å². The van der Waals surface area contributed by atoms with Crippen LogP contribution in [0.4, 0.5) is 17.1 Å². The van der Waals surface area contributed by atoms with Gasteiger partial charge in [-0.25, -0.2) is 0 Å². The molecule has 1 aliphatic heterocycles. The number of Topliss-reactive ketones (excluding diaryl/α,β-unsaturated/α-hetero) is 1. The largest absolute Gasteiger partial charge is 0.353 e. The molecule has 0 atom stereocenters. The summed E-state index contributed by atoms with van der Waals surface area (Å²) >= 11 is 0. The van der Waals surface area contributed by atoms with E-state index >= 15 is 0 Å². The number of hydrogen-bond acceptors (Lipinski definition) is 5. The zero-order valence-corrected chi connectivity index (χ0v) is 19.5. The van der Waals surface area contributed by atoms with Crippen LogP contribution in [0.15, 0.2) is 29.3 Å². The van der Waals surface area contributed by atoms with Gasteiger partial charge in [-0.1, -0.05) is 12.5 Å². The number of carbonyl (C=O) groups excluding carboxylic acids is 1. The minimum Gasteiger partial charge on any atom is -0.353 e. The smallest absolute Gasteiger partial charge is 0.141 e. The van der Waals surface area contributed by atoms with Gasteiger partial charge in [0, 0.05) is 35.5 Å². The Kier molecular flexibility index (Phi) is 5.13. The van der Waals surface area contributed by atoms with E-state index in [1.165, 1.54) is 24.8 Å². The summed E-state index contributed by atoms with van der Waals surface area (Å²) in [6.45, 7) is 5.67. The molecule has 2 saturated carbocycles. The predicted octanol–water partition coefficient (Wildman–Crippen LogP) is 5.51. The van der Waals surface area contributed by atoms with E-state index in [0.717, 1.165) is 52.3 Å². The number of benzene rings is 1. The van der Waals surface area contributed by atoms with Crippen LogP contribution in [0.1, 0.15) is 61.9 Å². The van der Waals surface area contributed by atoms with Gasteiger partial charge >= 0.3 is 0 Å². The number of carbonyl (C=O) groups is 1. The lowest BCUT2D eigenvalue weighted by atomic mass is 9.80. The first-order valence-electron chi connectivity index (χ1n) is 11.3. The molecular formula is C25H30N3O2P. The number of aromatic nitrogens is 1. The number of fused-ring (bicyclic) bond motifs is 1. The number of nitrogens with zero attached hydrogens (tertiary/aromatic N) is 2. The Balaban J connectivity index is 1.52. The molecule has 0 saturated heterocycles. The van der Waals surface area contributed by atoms with E-state index in [9.17, 15) is 9.36 Å². The van der Waals surface area contributed by atoms with Crippen molar-refractivity contribution < 1.29 is 9.36 Å². The third-order valence-corrected chi connectivity index (χ3v) is 8.21. The summed E-state index contributed by atoms with van der Waals surface area (Å²) in [6.07, 6.45) is 6.81. The maximum atomic E-state index is 13.2. The second kappa shape index (κ2) is 7.70. The van der Waals surface area contributed by atoms with Crippen molar-refractivity contribution >= 4 is 41.0 Å². The molecule has 5 rings (SSSR count). The van der Waals surface area contributed by atoms with E-state index in [1.54, 1.807) is 0 Å². The van der Waals surface area contributed by atoms with Crippen molar-refractivity contribution in [2.75, 3.05) is 18.6 Å². The molecule has 6 heteroatoms. The second-order valence-electron chi connectivity index (χ2n) is 9.78. The zero-order valence-electron chi connectivity index (χ0n) is 18.6. The fourth-order valence-corrected chi connectivity index (χ4v) is 5.69. The molecule has 0 unspecified atom stereocenters. The van der Waals surface area contributed by atoms with Crippen molar-refractivity contribution in [2.45, 2.75) is 57.8 Å². The van der Waals surface area contributed by atoms with Crippen LogP contribution in [-0.4, -0.2) is 29.8 Å². The Morgan fingerprint density at radius 2 is 1.90 bits per heavy atom. The van der Waals surface area contributed by atoms with Crippen LogP contribution in [0.25, 0.3) is 0 Å². The molecule has 2 fully saturated rings. The molecule has 1 N–H and O–H groups in total. The highest BCUT2D eigenvalue weighted by Gasteiger charge is 2.30. The van der Waals surface area contributed by atoms with E-state index in [4.69, 9.17) is 9.98 Å². The van der Waals surface area contributed by atoms with Gasteiger partial charge in [0.15, 0.2) is 0 Å². The quantitative estimate of drug-likeness (QED) is 0.582.